The molecule has 184 valence electrons. The van der Waals surface area contributed by atoms with E-state index in [2.05, 4.69) is 5.43 Å². The Kier molecular flexibility index (Phi) is 7.42. The summed E-state index contributed by atoms with van der Waals surface area (Å²) in [6, 6.07) is 12.0. The first-order valence-corrected chi connectivity index (χ1v) is 13.1. The van der Waals surface area contributed by atoms with E-state index >= 15 is 0 Å². The highest BCUT2D eigenvalue weighted by Gasteiger charge is 2.31. The Morgan fingerprint density at radius 2 is 1.80 bits per heavy atom. The third-order valence-corrected chi connectivity index (χ3v) is 7.54. The summed E-state index contributed by atoms with van der Waals surface area (Å²) in [7, 11) is 0. The first-order chi connectivity index (χ1) is 17.0. The zero-order valence-electron chi connectivity index (χ0n) is 19.6. The van der Waals surface area contributed by atoms with Gasteiger partial charge in [0.2, 0.25) is 0 Å². The minimum atomic E-state index is -0.245. The van der Waals surface area contributed by atoms with E-state index in [1.165, 1.54) is 18.6 Å². The van der Waals surface area contributed by atoms with Gasteiger partial charge in [-0.15, -0.1) is 0 Å². The van der Waals surface area contributed by atoms with Gasteiger partial charge in [-0.1, -0.05) is 48.2 Å². The molecule has 0 radical (unpaired) electrons. The van der Waals surface area contributed by atoms with Gasteiger partial charge in [0.1, 0.15) is 5.82 Å². The van der Waals surface area contributed by atoms with Crippen LogP contribution in [-0.4, -0.2) is 33.8 Å². The third kappa shape index (κ3) is 5.40. The van der Waals surface area contributed by atoms with Crippen LogP contribution in [0.15, 0.2) is 42.5 Å². The number of amides is 1. The van der Waals surface area contributed by atoms with Crippen LogP contribution in [0, 0.1) is 5.82 Å². The minimum Gasteiger partial charge on any atom is -0.283 e. The van der Waals surface area contributed by atoms with Gasteiger partial charge in [0, 0.05) is 29.6 Å². The quantitative estimate of drug-likeness (QED) is 0.395. The number of hydrogen-bond acceptors (Lipinski definition) is 3. The molecule has 1 atom stereocenters. The van der Waals surface area contributed by atoms with Crippen molar-refractivity contribution in [2.24, 2.45) is 0 Å². The standard InChI is InChI=1S/C27H29Cl2FN4O/c28-20-10-13-24(23(29)17-20)34-26-19(16-18-8-11-21(30)12-9-18)6-2-3-7-22(26)25(31-34)27(35)32-33-14-4-1-5-15-33/h8-13,17,19H,1-7,14-16H2,(H,32,35). The van der Waals surface area contributed by atoms with E-state index in [1.54, 1.807) is 12.1 Å². The molecule has 1 unspecified atom stereocenters. The van der Waals surface area contributed by atoms with Crippen molar-refractivity contribution >= 4 is 29.1 Å². The molecule has 1 N–H and O–H groups in total. The lowest BCUT2D eigenvalue weighted by molar-refractivity contribution is 0.0743. The summed E-state index contributed by atoms with van der Waals surface area (Å²) in [5.41, 5.74) is 7.30. The van der Waals surface area contributed by atoms with Crippen LogP contribution in [0.5, 0.6) is 0 Å². The lowest BCUT2D eigenvalue weighted by atomic mass is 9.91. The molecule has 0 spiro atoms. The Labute approximate surface area is 215 Å². The number of benzene rings is 2. The van der Waals surface area contributed by atoms with Gasteiger partial charge >= 0.3 is 0 Å². The van der Waals surface area contributed by atoms with Crippen molar-refractivity contribution in [3.8, 4) is 5.69 Å². The van der Waals surface area contributed by atoms with Crippen LogP contribution in [0.25, 0.3) is 5.69 Å². The first-order valence-electron chi connectivity index (χ1n) is 12.4. The van der Waals surface area contributed by atoms with Gasteiger partial charge in [0.15, 0.2) is 5.69 Å². The maximum Gasteiger partial charge on any atom is 0.286 e. The molecule has 1 fully saturated rings. The number of hydrogen-bond donors (Lipinski definition) is 1. The molecule has 2 aliphatic rings. The summed E-state index contributed by atoms with van der Waals surface area (Å²) in [5, 5.41) is 7.88. The highest BCUT2D eigenvalue weighted by atomic mass is 35.5. The fourth-order valence-corrected chi connectivity index (χ4v) is 5.77. The molecule has 1 aliphatic carbocycles. The molecule has 5 rings (SSSR count). The second-order valence-corrected chi connectivity index (χ2v) is 10.3. The number of carbonyl (C=O) groups excluding carboxylic acids is 1. The van der Waals surface area contributed by atoms with Crippen molar-refractivity contribution < 1.29 is 9.18 Å². The molecule has 0 bridgehead atoms. The highest BCUT2D eigenvalue weighted by molar-refractivity contribution is 6.35. The first kappa shape index (κ1) is 24.3. The number of fused-ring (bicyclic) bond motifs is 1. The Balaban J connectivity index is 1.58. The van der Waals surface area contributed by atoms with E-state index in [9.17, 15) is 9.18 Å². The number of piperidine rings is 1. The molecule has 0 saturated carbocycles. The summed E-state index contributed by atoms with van der Waals surface area (Å²) in [5.74, 6) is -0.298. The van der Waals surface area contributed by atoms with E-state index < -0.39 is 0 Å². The normalized spacial score (nSPS) is 18.7. The highest BCUT2D eigenvalue weighted by Crippen LogP contribution is 2.38. The lowest BCUT2D eigenvalue weighted by Gasteiger charge is -2.26. The number of nitrogens with one attached hydrogen (secondary N) is 1. The molecule has 35 heavy (non-hydrogen) atoms. The molecule has 2 aromatic carbocycles. The molecule has 1 aromatic heterocycles. The Morgan fingerprint density at radius 3 is 2.54 bits per heavy atom. The number of carbonyl (C=O) groups is 1. The van der Waals surface area contributed by atoms with Crippen LogP contribution >= 0.6 is 23.2 Å². The number of aromatic nitrogens is 2. The fourth-order valence-electron chi connectivity index (χ4n) is 5.28. The monoisotopic (exact) mass is 514 g/mol. The van der Waals surface area contributed by atoms with Crippen LogP contribution in [0.1, 0.15) is 71.8 Å². The number of hydrazine groups is 1. The van der Waals surface area contributed by atoms with Gasteiger partial charge in [-0.25, -0.2) is 14.1 Å². The summed E-state index contributed by atoms with van der Waals surface area (Å²) in [6.07, 6.45) is 7.84. The van der Waals surface area contributed by atoms with Crippen molar-refractivity contribution in [1.29, 1.82) is 0 Å². The Morgan fingerprint density at radius 1 is 1.03 bits per heavy atom. The Bertz CT molecular complexity index is 1200. The van der Waals surface area contributed by atoms with Crippen molar-refractivity contribution in [3.63, 3.8) is 0 Å². The zero-order valence-corrected chi connectivity index (χ0v) is 21.1. The number of nitrogens with zero attached hydrogens (tertiary/aromatic N) is 3. The third-order valence-electron chi connectivity index (χ3n) is 7.00. The molecule has 2 heterocycles. The van der Waals surface area contributed by atoms with Crippen LogP contribution in [-0.2, 0) is 12.8 Å². The van der Waals surface area contributed by atoms with Crippen molar-refractivity contribution in [1.82, 2.24) is 20.2 Å². The van der Waals surface area contributed by atoms with Crippen LogP contribution in [0.2, 0.25) is 10.0 Å². The van der Waals surface area contributed by atoms with Gasteiger partial charge in [-0.2, -0.15) is 5.10 Å². The Hall–Kier alpha value is -2.41. The number of halogens is 3. The molecule has 1 amide bonds. The molecule has 1 aliphatic heterocycles. The van der Waals surface area contributed by atoms with Gasteiger partial charge < -0.3 is 0 Å². The van der Waals surface area contributed by atoms with E-state index in [0.29, 0.717) is 21.4 Å². The van der Waals surface area contributed by atoms with Crippen LogP contribution in [0.4, 0.5) is 4.39 Å². The minimum absolute atomic E-state index is 0.119. The molecule has 5 nitrogen and oxygen atoms in total. The summed E-state index contributed by atoms with van der Waals surface area (Å²) in [6.45, 7) is 1.70. The van der Waals surface area contributed by atoms with Gasteiger partial charge in [0.25, 0.3) is 5.91 Å². The summed E-state index contributed by atoms with van der Waals surface area (Å²) >= 11 is 12.8. The SMILES string of the molecule is O=C(NN1CCCCC1)c1nn(-c2ccc(Cl)cc2Cl)c2c1CCCCC2Cc1ccc(F)cc1. The topological polar surface area (TPSA) is 50.2 Å². The predicted octanol–water partition coefficient (Wildman–Crippen LogP) is 6.50. The zero-order chi connectivity index (χ0) is 24.4. The van der Waals surface area contributed by atoms with Crippen molar-refractivity contribution in [3.05, 3.63) is 80.8 Å². The van der Waals surface area contributed by atoms with E-state index in [0.717, 1.165) is 74.9 Å². The molecule has 1 saturated heterocycles. The largest absolute Gasteiger partial charge is 0.286 e. The van der Waals surface area contributed by atoms with E-state index in [4.69, 9.17) is 28.3 Å². The van der Waals surface area contributed by atoms with Crippen LogP contribution < -0.4 is 5.43 Å². The second kappa shape index (κ2) is 10.7. The number of rotatable bonds is 5. The molecular weight excluding hydrogens is 486 g/mol. The predicted molar refractivity (Wildman–Crippen MR) is 137 cm³/mol. The molecule has 8 heteroatoms. The van der Waals surface area contributed by atoms with Gasteiger partial charge in [-0.05, 0) is 74.4 Å². The van der Waals surface area contributed by atoms with Crippen molar-refractivity contribution in [2.75, 3.05) is 13.1 Å². The van der Waals surface area contributed by atoms with Crippen LogP contribution in [0.3, 0.4) is 0 Å². The smallest absolute Gasteiger partial charge is 0.283 e. The maximum atomic E-state index is 13.5. The lowest BCUT2D eigenvalue weighted by Crippen LogP contribution is -2.45. The maximum absolute atomic E-state index is 13.5. The second-order valence-electron chi connectivity index (χ2n) is 9.48. The molecular formula is C27H29Cl2FN4O. The van der Waals surface area contributed by atoms with Gasteiger partial charge in [0.05, 0.1) is 16.4 Å². The van der Waals surface area contributed by atoms with E-state index in [-0.39, 0.29) is 17.6 Å². The van der Waals surface area contributed by atoms with Gasteiger partial charge in [-0.3, -0.25) is 10.2 Å². The fraction of sp³-hybridized carbons (Fsp3) is 0.407. The summed E-state index contributed by atoms with van der Waals surface area (Å²) in [4.78, 5) is 13.5. The van der Waals surface area contributed by atoms with E-state index in [1.807, 2.05) is 27.9 Å². The molecule has 3 aromatic rings. The summed E-state index contributed by atoms with van der Waals surface area (Å²) < 4.78 is 15.4. The average Bonchev–Trinajstić information content (AvgIpc) is 3.10. The van der Waals surface area contributed by atoms with Crippen molar-refractivity contribution in [2.45, 2.75) is 57.3 Å². The average molecular weight is 515 g/mol.